The number of hydrogen-bond acceptors (Lipinski definition) is 3. The molecule has 96 valence electrons. The van der Waals surface area contributed by atoms with Crippen molar-refractivity contribution in [3.63, 3.8) is 0 Å². The first-order valence-corrected chi connectivity index (χ1v) is 6.66. The summed E-state index contributed by atoms with van der Waals surface area (Å²) in [6, 6.07) is 10.2. The number of aliphatic hydroxyl groups is 1. The van der Waals surface area contributed by atoms with Crippen molar-refractivity contribution in [2.75, 3.05) is 7.05 Å². The van der Waals surface area contributed by atoms with E-state index in [2.05, 4.69) is 11.9 Å². The Morgan fingerprint density at radius 1 is 1.28 bits per heavy atom. The monoisotopic (exact) mass is 245 g/mol. The molecular formula is C15H19NO2. The average molecular weight is 245 g/mol. The topological polar surface area (TPSA) is 40.5 Å². The predicted molar refractivity (Wildman–Crippen MR) is 69.1 cm³/mol. The van der Waals surface area contributed by atoms with Crippen molar-refractivity contribution in [1.82, 2.24) is 4.90 Å². The Hall–Kier alpha value is -1.19. The van der Waals surface area contributed by atoms with Crippen molar-refractivity contribution in [3.8, 4) is 0 Å². The zero-order valence-corrected chi connectivity index (χ0v) is 10.6. The number of carbonyl (C=O) groups excluding carboxylic acids is 1. The minimum atomic E-state index is -0.662. The van der Waals surface area contributed by atoms with E-state index in [4.69, 9.17) is 0 Å². The highest BCUT2D eigenvalue weighted by Crippen LogP contribution is 2.41. The summed E-state index contributed by atoms with van der Waals surface area (Å²) >= 11 is 0. The van der Waals surface area contributed by atoms with Crippen molar-refractivity contribution in [2.24, 2.45) is 5.92 Å². The standard InChI is InChI=1S/C15H19NO2/c1-16-11-7-8-12(16)14(13(17)9-11)15(18)10-5-3-2-4-6-10/h2-6,11-12,14-15,18H,7-9H2,1H3/t11-,12+,14?,15?/m0/s1. The number of carbonyl (C=O) groups is 1. The Morgan fingerprint density at radius 3 is 2.72 bits per heavy atom. The molecule has 1 aromatic rings. The molecule has 0 spiro atoms. The molecule has 2 aliphatic rings. The van der Waals surface area contributed by atoms with Gasteiger partial charge in [-0.25, -0.2) is 0 Å². The highest BCUT2D eigenvalue weighted by atomic mass is 16.3. The molecule has 0 saturated carbocycles. The van der Waals surface area contributed by atoms with Crippen molar-refractivity contribution >= 4 is 5.78 Å². The fraction of sp³-hybridized carbons (Fsp3) is 0.533. The summed E-state index contributed by atoms with van der Waals surface area (Å²) in [6.07, 6.45) is 2.05. The van der Waals surface area contributed by atoms with Gasteiger partial charge in [0.25, 0.3) is 0 Å². The molecule has 2 aliphatic heterocycles. The van der Waals surface area contributed by atoms with Crippen LogP contribution >= 0.6 is 0 Å². The molecule has 3 nitrogen and oxygen atoms in total. The van der Waals surface area contributed by atoms with E-state index in [0.29, 0.717) is 12.5 Å². The van der Waals surface area contributed by atoms with Gasteiger partial charge in [-0.3, -0.25) is 9.69 Å². The number of piperidine rings is 1. The number of hydrogen-bond donors (Lipinski definition) is 1. The maximum atomic E-state index is 12.2. The molecule has 2 bridgehead atoms. The van der Waals surface area contributed by atoms with E-state index < -0.39 is 6.10 Å². The molecule has 3 rings (SSSR count). The van der Waals surface area contributed by atoms with Crippen LogP contribution in [-0.4, -0.2) is 34.9 Å². The van der Waals surface area contributed by atoms with Gasteiger partial charge >= 0.3 is 0 Å². The van der Waals surface area contributed by atoms with Crippen LogP contribution < -0.4 is 0 Å². The third-order valence-corrected chi connectivity index (χ3v) is 4.60. The summed E-state index contributed by atoms with van der Waals surface area (Å²) in [4.78, 5) is 14.5. The van der Waals surface area contributed by atoms with Crippen molar-refractivity contribution < 1.29 is 9.90 Å². The van der Waals surface area contributed by atoms with Gasteiger partial charge in [-0.05, 0) is 25.5 Å². The molecule has 2 fully saturated rings. The lowest BCUT2D eigenvalue weighted by Crippen LogP contribution is -2.49. The number of nitrogens with zero attached hydrogens (tertiary/aromatic N) is 1. The summed E-state index contributed by atoms with van der Waals surface area (Å²) in [5, 5.41) is 10.5. The molecule has 2 heterocycles. The lowest BCUT2D eigenvalue weighted by Gasteiger charge is -2.38. The van der Waals surface area contributed by atoms with Crippen molar-refractivity contribution in [3.05, 3.63) is 35.9 Å². The van der Waals surface area contributed by atoms with Gasteiger partial charge < -0.3 is 5.11 Å². The van der Waals surface area contributed by atoms with Gasteiger partial charge in [0, 0.05) is 18.5 Å². The maximum absolute atomic E-state index is 12.2. The Labute approximate surface area is 107 Å². The van der Waals surface area contributed by atoms with E-state index in [1.807, 2.05) is 30.3 Å². The summed E-state index contributed by atoms with van der Waals surface area (Å²) < 4.78 is 0. The largest absolute Gasteiger partial charge is 0.388 e. The van der Waals surface area contributed by atoms with E-state index in [0.717, 1.165) is 18.4 Å². The van der Waals surface area contributed by atoms with E-state index in [1.165, 1.54) is 0 Å². The Morgan fingerprint density at radius 2 is 2.00 bits per heavy atom. The third kappa shape index (κ3) is 1.78. The number of rotatable bonds is 2. The van der Waals surface area contributed by atoms with Crippen LogP contribution in [0.2, 0.25) is 0 Å². The molecule has 2 unspecified atom stereocenters. The second-order valence-corrected chi connectivity index (χ2v) is 5.52. The molecule has 18 heavy (non-hydrogen) atoms. The minimum Gasteiger partial charge on any atom is -0.388 e. The van der Waals surface area contributed by atoms with E-state index >= 15 is 0 Å². The second-order valence-electron chi connectivity index (χ2n) is 5.52. The van der Waals surface area contributed by atoms with Crippen LogP contribution in [-0.2, 0) is 4.79 Å². The average Bonchev–Trinajstić information content (AvgIpc) is 2.63. The van der Waals surface area contributed by atoms with Crippen LogP contribution in [0.3, 0.4) is 0 Å². The second kappa shape index (κ2) is 4.48. The van der Waals surface area contributed by atoms with Crippen LogP contribution in [0.4, 0.5) is 0 Å². The summed E-state index contributed by atoms with van der Waals surface area (Å²) in [5.41, 5.74) is 0.856. The Balaban J connectivity index is 1.89. The van der Waals surface area contributed by atoms with E-state index in [9.17, 15) is 9.90 Å². The molecule has 2 saturated heterocycles. The molecule has 3 heteroatoms. The summed E-state index contributed by atoms with van der Waals surface area (Å²) in [5.74, 6) is -0.0203. The number of benzene rings is 1. The van der Waals surface area contributed by atoms with Crippen LogP contribution in [0.25, 0.3) is 0 Å². The molecule has 1 aromatic carbocycles. The van der Waals surface area contributed by atoms with Crippen LogP contribution in [0.15, 0.2) is 30.3 Å². The quantitative estimate of drug-likeness (QED) is 0.863. The van der Waals surface area contributed by atoms with Gasteiger partial charge in [0.1, 0.15) is 5.78 Å². The van der Waals surface area contributed by atoms with Crippen LogP contribution in [0.5, 0.6) is 0 Å². The van der Waals surface area contributed by atoms with Gasteiger partial charge in [-0.1, -0.05) is 30.3 Å². The minimum absolute atomic E-state index is 0.214. The van der Waals surface area contributed by atoms with Crippen LogP contribution in [0, 0.1) is 5.92 Å². The number of fused-ring (bicyclic) bond motifs is 2. The Kier molecular flexibility index (Phi) is 2.96. The highest BCUT2D eigenvalue weighted by molar-refractivity contribution is 5.84. The zero-order chi connectivity index (χ0) is 12.7. The first-order valence-electron chi connectivity index (χ1n) is 6.66. The van der Waals surface area contributed by atoms with Gasteiger partial charge in [-0.15, -0.1) is 0 Å². The van der Waals surface area contributed by atoms with Gasteiger partial charge in [-0.2, -0.15) is 0 Å². The number of aliphatic hydroxyl groups excluding tert-OH is 1. The molecule has 0 amide bonds. The van der Waals surface area contributed by atoms with Gasteiger partial charge in [0.15, 0.2) is 0 Å². The Bertz CT molecular complexity index is 445. The zero-order valence-electron chi connectivity index (χ0n) is 10.6. The molecule has 0 aromatic heterocycles. The smallest absolute Gasteiger partial charge is 0.142 e. The molecule has 4 atom stereocenters. The molecule has 0 radical (unpaired) electrons. The van der Waals surface area contributed by atoms with Crippen LogP contribution in [0.1, 0.15) is 30.9 Å². The molecule has 1 N–H and O–H groups in total. The highest BCUT2D eigenvalue weighted by Gasteiger charge is 2.47. The number of Topliss-reactive ketones (excluding diaryl/α,β-unsaturated/α-hetero) is 1. The normalized spacial score (nSPS) is 33.7. The van der Waals surface area contributed by atoms with Gasteiger partial charge in [0.2, 0.25) is 0 Å². The van der Waals surface area contributed by atoms with Gasteiger partial charge in [0.05, 0.1) is 12.0 Å². The lowest BCUT2D eigenvalue weighted by molar-refractivity contribution is -0.134. The summed E-state index contributed by atoms with van der Waals surface area (Å²) in [6.45, 7) is 0. The third-order valence-electron chi connectivity index (χ3n) is 4.60. The van der Waals surface area contributed by atoms with Crippen molar-refractivity contribution in [1.29, 1.82) is 0 Å². The van der Waals surface area contributed by atoms with E-state index in [1.54, 1.807) is 0 Å². The predicted octanol–water partition coefficient (Wildman–Crippen LogP) is 1.77. The lowest BCUT2D eigenvalue weighted by atomic mass is 9.82. The SMILES string of the molecule is CN1[C@H]2CC[C@@H]1C(C(O)c1ccccc1)C(=O)C2. The molecular weight excluding hydrogens is 226 g/mol. The first kappa shape index (κ1) is 11.9. The fourth-order valence-electron chi connectivity index (χ4n) is 3.55. The van der Waals surface area contributed by atoms with Crippen molar-refractivity contribution in [2.45, 2.75) is 37.5 Å². The summed E-state index contributed by atoms with van der Waals surface area (Å²) in [7, 11) is 2.08. The van der Waals surface area contributed by atoms with E-state index in [-0.39, 0.29) is 17.7 Å². The first-order chi connectivity index (χ1) is 8.68. The maximum Gasteiger partial charge on any atom is 0.142 e. The fourth-order valence-corrected chi connectivity index (χ4v) is 3.55. The number of ketones is 1. The molecule has 0 aliphatic carbocycles.